The van der Waals surface area contributed by atoms with Gasteiger partial charge in [0.25, 0.3) is 5.69 Å². The van der Waals surface area contributed by atoms with Crippen molar-refractivity contribution < 1.29 is 28.7 Å². The number of hydrogen-bond acceptors (Lipinski definition) is 8. The van der Waals surface area contributed by atoms with Gasteiger partial charge in [0.15, 0.2) is 11.5 Å². The molecule has 0 aliphatic rings. The van der Waals surface area contributed by atoms with Gasteiger partial charge in [-0.05, 0) is 25.1 Å². The van der Waals surface area contributed by atoms with Crippen molar-refractivity contribution in [3.05, 3.63) is 58.1 Å². The number of methoxy groups -OCH3 is 1. The Morgan fingerprint density at radius 2 is 1.83 bits per heavy atom. The minimum atomic E-state index is -0.734. The highest BCUT2D eigenvalue weighted by molar-refractivity contribution is 5.85. The molecule has 29 heavy (non-hydrogen) atoms. The molecule has 0 aliphatic heterocycles. The Morgan fingerprint density at radius 1 is 1.14 bits per heavy atom. The molecular formula is C19H21N3O7. The molecule has 0 unspecified atom stereocenters. The molecule has 1 amide bonds. The Hall–Kier alpha value is -3.82. The Labute approximate surface area is 167 Å². The average Bonchev–Trinajstić information content (AvgIpc) is 2.72. The number of non-ortho nitro benzene ring substituents is 1. The third-order valence-electron chi connectivity index (χ3n) is 3.51. The van der Waals surface area contributed by atoms with Crippen LogP contribution in [0.25, 0.3) is 0 Å². The number of nitro groups is 1. The van der Waals surface area contributed by atoms with E-state index in [2.05, 4.69) is 15.3 Å². The van der Waals surface area contributed by atoms with Gasteiger partial charge in [0.05, 0.1) is 24.9 Å². The highest BCUT2D eigenvalue weighted by Gasteiger charge is 2.11. The van der Waals surface area contributed by atoms with Crippen LogP contribution in [0.4, 0.5) is 10.5 Å². The molecule has 0 spiro atoms. The maximum Gasteiger partial charge on any atom is 0.427 e. The third kappa shape index (κ3) is 6.69. The molecular weight excluding hydrogens is 382 g/mol. The summed E-state index contributed by atoms with van der Waals surface area (Å²) in [5, 5.41) is 14.7. The molecule has 10 nitrogen and oxygen atoms in total. The SMILES string of the molecule is CCOC(=O)N/N=C/c1cc([N+](=O)[O-])ccc1OCCOc1ccccc1OC. The Balaban J connectivity index is 2.01. The maximum atomic E-state index is 11.3. The molecule has 1 N–H and O–H groups in total. The van der Waals surface area contributed by atoms with Crippen molar-refractivity contribution in [1.82, 2.24) is 5.43 Å². The summed E-state index contributed by atoms with van der Waals surface area (Å²) in [5.74, 6) is 1.51. The quantitative estimate of drug-likeness (QED) is 0.280. The van der Waals surface area contributed by atoms with Gasteiger partial charge in [-0.2, -0.15) is 5.10 Å². The molecule has 0 atom stereocenters. The van der Waals surface area contributed by atoms with Gasteiger partial charge in [-0.1, -0.05) is 12.1 Å². The lowest BCUT2D eigenvalue weighted by molar-refractivity contribution is -0.384. The highest BCUT2D eigenvalue weighted by Crippen LogP contribution is 2.26. The number of carbonyl (C=O) groups is 1. The molecule has 0 radical (unpaired) electrons. The first-order valence-corrected chi connectivity index (χ1v) is 8.68. The Kier molecular flexibility index (Phi) is 8.24. The summed E-state index contributed by atoms with van der Waals surface area (Å²) < 4.78 is 21.2. The summed E-state index contributed by atoms with van der Waals surface area (Å²) in [7, 11) is 1.55. The molecule has 0 saturated carbocycles. The molecule has 0 bridgehead atoms. The normalized spacial score (nSPS) is 10.4. The lowest BCUT2D eigenvalue weighted by Crippen LogP contribution is -2.18. The number of hydrogen-bond donors (Lipinski definition) is 1. The number of nitro benzene ring substituents is 1. The van der Waals surface area contributed by atoms with Gasteiger partial charge in [-0.25, -0.2) is 10.2 Å². The predicted molar refractivity (Wildman–Crippen MR) is 105 cm³/mol. The molecule has 154 valence electrons. The van der Waals surface area contributed by atoms with Crippen LogP contribution in [-0.4, -0.2) is 44.2 Å². The first kappa shape index (κ1) is 21.5. The van der Waals surface area contributed by atoms with Crippen molar-refractivity contribution in [3.63, 3.8) is 0 Å². The maximum absolute atomic E-state index is 11.3. The van der Waals surface area contributed by atoms with Gasteiger partial charge in [-0.3, -0.25) is 10.1 Å². The fourth-order valence-corrected chi connectivity index (χ4v) is 2.24. The minimum absolute atomic E-state index is 0.139. The van der Waals surface area contributed by atoms with Crippen LogP contribution >= 0.6 is 0 Å². The lowest BCUT2D eigenvalue weighted by atomic mass is 10.2. The summed E-state index contributed by atoms with van der Waals surface area (Å²) in [6.45, 7) is 2.23. The fraction of sp³-hybridized carbons (Fsp3) is 0.263. The number of ether oxygens (including phenoxy) is 4. The summed E-state index contributed by atoms with van der Waals surface area (Å²) in [5.41, 5.74) is 2.33. The predicted octanol–water partition coefficient (Wildman–Crippen LogP) is 3.14. The number of benzene rings is 2. The van der Waals surface area contributed by atoms with Crippen molar-refractivity contribution in [1.29, 1.82) is 0 Å². The summed E-state index contributed by atoms with van der Waals surface area (Å²) in [6, 6.07) is 11.2. The summed E-state index contributed by atoms with van der Waals surface area (Å²) >= 11 is 0. The van der Waals surface area contributed by atoms with Crippen molar-refractivity contribution in [2.45, 2.75) is 6.92 Å². The molecule has 0 fully saturated rings. The zero-order chi connectivity index (χ0) is 21.1. The van der Waals surface area contributed by atoms with E-state index in [1.54, 1.807) is 26.2 Å². The van der Waals surface area contributed by atoms with E-state index in [4.69, 9.17) is 14.2 Å². The van der Waals surface area contributed by atoms with E-state index in [0.29, 0.717) is 22.8 Å². The smallest absolute Gasteiger partial charge is 0.427 e. The fourth-order valence-electron chi connectivity index (χ4n) is 2.24. The van der Waals surface area contributed by atoms with Crippen LogP contribution in [0.3, 0.4) is 0 Å². The van der Waals surface area contributed by atoms with Crippen LogP contribution in [-0.2, 0) is 4.74 Å². The first-order valence-electron chi connectivity index (χ1n) is 8.68. The van der Waals surface area contributed by atoms with Gasteiger partial charge >= 0.3 is 6.09 Å². The number of rotatable bonds is 10. The molecule has 0 heterocycles. The number of carbonyl (C=O) groups excluding carboxylic acids is 1. The molecule has 0 saturated heterocycles. The van der Waals surface area contributed by atoms with E-state index in [9.17, 15) is 14.9 Å². The number of hydrazone groups is 1. The topological polar surface area (TPSA) is 122 Å². The standard InChI is InChI=1S/C19H21N3O7/c1-3-27-19(23)21-20-13-14-12-15(22(24)25)8-9-16(14)28-10-11-29-18-7-5-4-6-17(18)26-2/h4-9,12-13H,3,10-11H2,1-2H3,(H,21,23)/b20-13+. The second-order valence-electron chi connectivity index (χ2n) is 5.42. The second kappa shape index (κ2) is 11.1. The molecule has 0 aromatic heterocycles. The zero-order valence-electron chi connectivity index (χ0n) is 16.0. The number of para-hydroxylation sites is 2. The van der Waals surface area contributed by atoms with Crippen LogP contribution in [0.1, 0.15) is 12.5 Å². The van der Waals surface area contributed by atoms with Crippen molar-refractivity contribution >= 4 is 18.0 Å². The van der Waals surface area contributed by atoms with Crippen molar-refractivity contribution in [2.75, 3.05) is 26.9 Å². The monoisotopic (exact) mass is 403 g/mol. The molecule has 2 rings (SSSR count). The number of nitrogens with one attached hydrogen (secondary N) is 1. The Bertz CT molecular complexity index is 871. The van der Waals surface area contributed by atoms with E-state index >= 15 is 0 Å². The average molecular weight is 403 g/mol. The largest absolute Gasteiger partial charge is 0.493 e. The number of nitrogens with zero attached hydrogens (tertiary/aromatic N) is 2. The van der Waals surface area contributed by atoms with E-state index < -0.39 is 11.0 Å². The highest BCUT2D eigenvalue weighted by atomic mass is 16.6. The van der Waals surface area contributed by atoms with Crippen LogP contribution in [0.15, 0.2) is 47.6 Å². The van der Waals surface area contributed by atoms with E-state index in [-0.39, 0.29) is 25.5 Å². The summed E-state index contributed by atoms with van der Waals surface area (Å²) in [4.78, 5) is 21.7. The van der Waals surface area contributed by atoms with Gasteiger partial charge in [0, 0.05) is 17.7 Å². The van der Waals surface area contributed by atoms with E-state index in [0.717, 1.165) is 0 Å². The summed E-state index contributed by atoms with van der Waals surface area (Å²) in [6.07, 6.45) is 0.502. The van der Waals surface area contributed by atoms with Gasteiger partial charge in [-0.15, -0.1) is 0 Å². The molecule has 2 aromatic carbocycles. The van der Waals surface area contributed by atoms with Crippen LogP contribution in [0.5, 0.6) is 17.2 Å². The first-order chi connectivity index (χ1) is 14.0. The van der Waals surface area contributed by atoms with Crippen LogP contribution < -0.4 is 19.6 Å². The third-order valence-corrected chi connectivity index (χ3v) is 3.51. The van der Waals surface area contributed by atoms with Crippen LogP contribution in [0.2, 0.25) is 0 Å². The van der Waals surface area contributed by atoms with Gasteiger partial charge < -0.3 is 18.9 Å². The van der Waals surface area contributed by atoms with Crippen molar-refractivity contribution in [2.24, 2.45) is 5.10 Å². The van der Waals surface area contributed by atoms with E-state index in [1.165, 1.54) is 24.4 Å². The zero-order valence-corrected chi connectivity index (χ0v) is 16.0. The van der Waals surface area contributed by atoms with Gasteiger partial charge in [0.2, 0.25) is 0 Å². The Morgan fingerprint density at radius 3 is 2.48 bits per heavy atom. The molecule has 10 heteroatoms. The van der Waals surface area contributed by atoms with Crippen molar-refractivity contribution in [3.8, 4) is 17.2 Å². The molecule has 2 aromatic rings. The lowest BCUT2D eigenvalue weighted by Gasteiger charge is -2.12. The second-order valence-corrected chi connectivity index (χ2v) is 5.42. The molecule has 0 aliphatic carbocycles. The number of amides is 1. The van der Waals surface area contributed by atoms with Gasteiger partial charge in [0.1, 0.15) is 19.0 Å². The minimum Gasteiger partial charge on any atom is -0.493 e. The van der Waals surface area contributed by atoms with E-state index in [1.807, 2.05) is 12.1 Å². The van der Waals surface area contributed by atoms with Crippen LogP contribution in [0, 0.1) is 10.1 Å².